The van der Waals surface area contributed by atoms with Gasteiger partial charge in [0.2, 0.25) is 0 Å². The fraction of sp³-hybridized carbons (Fsp3) is 0.364. The number of nitro benzene ring substituents is 1. The van der Waals surface area contributed by atoms with Gasteiger partial charge >= 0.3 is 5.97 Å². The predicted octanol–water partition coefficient (Wildman–Crippen LogP) is 2.04. The van der Waals surface area contributed by atoms with Crippen LogP contribution < -0.4 is 5.32 Å². The first-order chi connectivity index (χ1) is 8.60. The number of nitrogens with zero attached hydrogens (tertiary/aromatic N) is 1. The summed E-state index contributed by atoms with van der Waals surface area (Å²) in [5.41, 5.74) is 1.31. The summed E-state index contributed by atoms with van der Waals surface area (Å²) in [6.45, 7) is 0. The number of benzene rings is 1. The number of ether oxygens (including phenoxy) is 1. The fourth-order valence-electron chi connectivity index (χ4n) is 1.45. The minimum absolute atomic E-state index is 0.0358. The molecular formula is C11H14N2O4S. The summed E-state index contributed by atoms with van der Waals surface area (Å²) in [5, 5.41) is 13.7. The van der Waals surface area contributed by atoms with E-state index in [2.05, 4.69) is 10.1 Å². The van der Waals surface area contributed by atoms with E-state index in [0.29, 0.717) is 11.4 Å². The molecule has 0 aliphatic carbocycles. The second kappa shape index (κ2) is 6.85. The molecule has 1 N–H and O–H groups in total. The highest BCUT2D eigenvalue weighted by atomic mass is 32.2. The van der Waals surface area contributed by atoms with Crippen LogP contribution in [0.15, 0.2) is 18.2 Å². The van der Waals surface area contributed by atoms with Crippen LogP contribution in [0.5, 0.6) is 0 Å². The molecule has 0 atom stereocenters. The van der Waals surface area contributed by atoms with Crippen molar-refractivity contribution in [1.29, 1.82) is 0 Å². The molecular weight excluding hydrogens is 256 g/mol. The van der Waals surface area contributed by atoms with Crippen LogP contribution in [0.3, 0.4) is 0 Å². The Bertz CT molecular complexity index is 451. The minimum Gasteiger partial charge on any atom is -0.468 e. The Kier molecular flexibility index (Phi) is 5.44. The van der Waals surface area contributed by atoms with E-state index in [1.165, 1.54) is 24.9 Å². The quantitative estimate of drug-likeness (QED) is 0.484. The van der Waals surface area contributed by atoms with Crippen molar-refractivity contribution >= 4 is 29.1 Å². The van der Waals surface area contributed by atoms with E-state index in [-0.39, 0.29) is 17.4 Å². The standard InChI is InChI=1S/C11H14N2O4S/c1-12-11-8(6-18-7-10(14)17-2)4-3-5-9(11)13(15)16/h3-5,12H,6-7H2,1-2H3. The first-order valence-electron chi connectivity index (χ1n) is 5.18. The van der Waals surface area contributed by atoms with Gasteiger partial charge in [-0.3, -0.25) is 14.9 Å². The molecule has 1 aromatic rings. The van der Waals surface area contributed by atoms with Crippen molar-refractivity contribution < 1.29 is 14.5 Å². The molecule has 0 aromatic heterocycles. The molecule has 0 unspecified atom stereocenters. The third-order valence-corrected chi connectivity index (χ3v) is 3.24. The maximum Gasteiger partial charge on any atom is 0.315 e. The summed E-state index contributed by atoms with van der Waals surface area (Å²) in [7, 11) is 2.96. The molecule has 98 valence electrons. The number of para-hydroxylation sites is 1. The molecule has 0 bridgehead atoms. The average Bonchev–Trinajstić information content (AvgIpc) is 2.37. The lowest BCUT2D eigenvalue weighted by Crippen LogP contribution is -2.04. The van der Waals surface area contributed by atoms with Crippen molar-refractivity contribution in [3.8, 4) is 0 Å². The van der Waals surface area contributed by atoms with E-state index in [1.807, 2.05) is 0 Å². The van der Waals surface area contributed by atoms with Crippen LogP contribution >= 0.6 is 11.8 Å². The molecule has 0 saturated carbocycles. The number of esters is 1. The summed E-state index contributed by atoms with van der Waals surface area (Å²) in [6, 6.07) is 4.87. The van der Waals surface area contributed by atoms with Crippen molar-refractivity contribution in [2.45, 2.75) is 5.75 Å². The first-order valence-corrected chi connectivity index (χ1v) is 6.34. The van der Waals surface area contributed by atoms with Crippen molar-refractivity contribution in [3.63, 3.8) is 0 Å². The normalized spacial score (nSPS) is 9.89. The van der Waals surface area contributed by atoms with Gasteiger partial charge in [-0.15, -0.1) is 11.8 Å². The highest BCUT2D eigenvalue weighted by Crippen LogP contribution is 2.30. The summed E-state index contributed by atoms with van der Waals surface area (Å²) >= 11 is 1.35. The Hall–Kier alpha value is -1.76. The number of rotatable bonds is 6. The SMILES string of the molecule is CNc1c(CSCC(=O)OC)cccc1[N+](=O)[O-]. The van der Waals surface area contributed by atoms with Crippen LogP contribution in [-0.2, 0) is 15.3 Å². The Morgan fingerprint density at radius 3 is 2.83 bits per heavy atom. The molecule has 0 spiro atoms. The molecule has 0 amide bonds. The topological polar surface area (TPSA) is 81.5 Å². The Morgan fingerprint density at radius 2 is 2.28 bits per heavy atom. The molecule has 6 nitrogen and oxygen atoms in total. The van der Waals surface area contributed by atoms with E-state index in [4.69, 9.17) is 0 Å². The van der Waals surface area contributed by atoms with Crippen LogP contribution in [0.4, 0.5) is 11.4 Å². The summed E-state index contributed by atoms with van der Waals surface area (Å²) in [4.78, 5) is 21.4. The molecule has 0 radical (unpaired) electrons. The van der Waals surface area contributed by atoms with Gasteiger partial charge in [-0.1, -0.05) is 12.1 Å². The van der Waals surface area contributed by atoms with Gasteiger partial charge in [-0.25, -0.2) is 0 Å². The van der Waals surface area contributed by atoms with Crippen LogP contribution in [0.25, 0.3) is 0 Å². The zero-order chi connectivity index (χ0) is 13.5. The maximum absolute atomic E-state index is 11.0. The van der Waals surface area contributed by atoms with E-state index < -0.39 is 4.92 Å². The Labute approximate surface area is 109 Å². The smallest absolute Gasteiger partial charge is 0.315 e. The third-order valence-electron chi connectivity index (χ3n) is 2.28. The zero-order valence-electron chi connectivity index (χ0n) is 10.1. The van der Waals surface area contributed by atoms with Crippen molar-refractivity contribution in [3.05, 3.63) is 33.9 Å². The van der Waals surface area contributed by atoms with Crippen LogP contribution in [-0.4, -0.2) is 30.8 Å². The predicted molar refractivity (Wildman–Crippen MR) is 70.8 cm³/mol. The number of hydrogen-bond donors (Lipinski definition) is 1. The number of nitro groups is 1. The number of nitrogens with one attached hydrogen (secondary N) is 1. The number of carbonyl (C=O) groups is 1. The van der Waals surface area contributed by atoms with Gasteiger partial charge in [0, 0.05) is 18.9 Å². The molecule has 0 saturated heterocycles. The second-order valence-corrected chi connectivity index (χ2v) is 4.37. The molecule has 1 rings (SSSR count). The number of methoxy groups -OCH3 is 1. The molecule has 0 aliphatic heterocycles. The molecule has 1 aromatic carbocycles. The lowest BCUT2D eigenvalue weighted by molar-refractivity contribution is -0.384. The minimum atomic E-state index is -0.430. The summed E-state index contributed by atoms with van der Waals surface area (Å²) in [6.07, 6.45) is 0. The van der Waals surface area contributed by atoms with Gasteiger partial charge in [0.15, 0.2) is 0 Å². The zero-order valence-corrected chi connectivity index (χ0v) is 11.0. The van der Waals surface area contributed by atoms with E-state index in [9.17, 15) is 14.9 Å². The average molecular weight is 270 g/mol. The highest BCUT2D eigenvalue weighted by molar-refractivity contribution is 7.99. The Morgan fingerprint density at radius 1 is 1.56 bits per heavy atom. The monoisotopic (exact) mass is 270 g/mol. The van der Waals surface area contributed by atoms with Crippen molar-refractivity contribution in [2.24, 2.45) is 0 Å². The molecule has 18 heavy (non-hydrogen) atoms. The van der Waals surface area contributed by atoms with Crippen molar-refractivity contribution in [2.75, 3.05) is 25.2 Å². The maximum atomic E-state index is 11.0. The first kappa shape index (κ1) is 14.3. The summed E-state index contributed by atoms with van der Waals surface area (Å²) < 4.78 is 4.52. The molecule has 0 aliphatic rings. The van der Waals surface area contributed by atoms with Crippen LogP contribution in [0, 0.1) is 10.1 Å². The number of anilines is 1. The lowest BCUT2D eigenvalue weighted by Gasteiger charge is -2.08. The second-order valence-electron chi connectivity index (χ2n) is 3.39. The van der Waals surface area contributed by atoms with Gasteiger partial charge in [0.05, 0.1) is 17.8 Å². The van der Waals surface area contributed by atoms with Gasteiger partial charge in [0.25, 0.3) is 5.69 Å². The summed E-state index contributed by atoms with van der Waals surface area (Å²) in [5.74, 6) is 0.423. The van der Waals surface area contributed by atoms with Gasteiger partial charge in [-0.2, -0.15) is 0 Å². The number of carbonyl (C=O) groups excluding carboxylic acids is 1. The van der Waals surface area contributed by atoms with E-state index >= 15 is 0 Å². The van der Waals surface area contributed by atoms with Gasteiger partial charge < -0.3 is 10.1 Å². The fourth-order valence-corrected chi connectivity index (χ4v) is 2.30. The lowest BCUT2D eigenvalue weighted by atomic mass is 10.1. The third kappa shape index (κ3) is 3.63. The largest absolute Gasteiger partial charge is 0.468 e. The van der Waals surface area contributed by atoms with Crippen molar-refractivity contribution in [1.82, 2.24) is 0 Å². The van der Waals surface area contributed by atoms with E-state index in [1.54, 1.807) is 19.2 Å². The van der Waals surface area contributed by atoms with E-state index in [0.717, 1.165) is 5.56 Å². The Balaban J connectivity index is 2.79. The van der Waals surface area contributed by atoms with Gasteiger partial charge in [0.1, 0.15) is 5.69 Å². The number of hydrogen-bond acceptors (Lipinski definition) is 6. The van der Waals surface area contributed by atoms with Crippen LogP contribution in [0.1, 0.15) is 5.56 Å². The molecule has 0 fully saturated rings. The van der Waals surface area contributed by atoms with Crippen LogP contribution in [0.2, 0.25) is 0 Å². The number of thioether (sulfide) groups is 1. The molecule has 7 heteroatoms. The van der Waals surface area contributed by atoms with Gasteiger partial charge in [-0.05, 0) is 5.56 Å². The highest BCUT2D eigenvalue weighted by Gasteiger charge is 2.16. The molecule has 0 heterocycles.